The SMILES string of the molecule is CC/C=C/C=C/C=C/CCCCCCCCCC(=O)OC(COCCC(C(=O)O)[N+](C)(C)C)COC(=O)CCCCCCCCC/C=C/C/C=C/CCCCC. The molecule has 0 amide bonds. The molecule has 322 valence electrons. The molecule has 0 aliphatic rings. The van der Waals surface area contributed by atoms with E-state index < -0.39 is 18.1 Å². The van der Waals surface area contributed by atoms with Crippen molar-refractivity contribution in [2.45, 2.75) is 187 Å². The van der Waals surface area contributed by atoms with Gasteiger partial charge in [-0.3, -0.25) is 9.59 Å². The predicted molar refractivity (Wildman–Crippen MR) is 234 cm³/mol. The van der Waals surface area contributed by atoms with Gasteiger partial charge >= 0.3 is 17.9 Å². The number of ether oxygens (including phenoxy) is 3. The maximum Gasteiger partial charge on any atom is 0.362 e. The Bertz CT molecular complexity index is 1100. The smallest absolute Gasteiger partial charge is 0.362 e. The number of hydrogen-bond donors (Lipinski definition) is 1. The molecule has 0 aliphatic carbocycles. The predicted octanol–water partition coefficient (Wildman–Crippen LogP) is 12.2. The quantitative estimate of drug-likeness (QED) is 0.0218. The summed E-state index contributed by atoms with van der Waals surface area (Å²) < 4.78 is 17.3. The number of likely N-dealkylation sites (N-methyl/N-ethyl adjacent to an activating group) is 1. The zero-order valence-corrected chi connectivity index (χ0v) is 36.6. The Kier molecular flexibility index (Phi) is 36.8. The lowest BCUT2D eigenvalue weighted by Crippen LogP contribution is -2.50. The van der Waals surface area contributed by atoms with E-state index in [9.17, 15) is 19.5 Å². The van der Waals surface area contributed by atoms with Crippen molar-refractivity contribution >= 4 is 17.9 Å². The monoisotopic (exact) mass is 787 g/mol. The summed E-state index contributed by atoms with van der Waals surface area (Å²) in [6, 6.07) is -0.620. The molecule has 0 bridgehead atoms. The summed E-state index contributed by atoms with van der Waals surface area (Å²) in [5.41, 5.74) is 0. The first kappa shape index (κ1) is 53.0. The molecule has 2 unspecified atom stereocenters. The number of esters is 2. The van der Waals surface area contributed by atoms with Crippen molar-refractivity contribution in [1.82, 2.24) is 0 Å². The highest BCUT2D eigenvalue weighted by Crippen LogP contribution is 2.14. The average molecular weight is 787 g/mol. The molecule has 0 aromatic rings. The van der Waals surface area contributed by atoms with Crippen LogP contribution in [0.5, 0.6) is 0 Å². The fourth-order valence-electron chi connectivity index (χ4n) is 6.24. The molecule has 0 radical (unpaired) electrons. The first-order chi connectivity index (χ1) is 27.1. The van der Waals surface area contributed by atoms with Crippen LogP contribution < -0.4 is 0 Å². The Balaban J connectivity index is 4.36. The van der Waals surface area contributed by atoms with Gasteiger partial charge in [0.2, 0.25) is 0 Å². The fourth-order valence-corrected chi connectivity index (χ4v) is 6.24. The highest BCUT2D eigenvalue weighted by molar-refractivity contribution is 5.72. The molecule has 8 heteroatoms. The number of quaternary nitrogens is 1. The second-order valence-corrected chi connectivity index (χ2v) is 16.0. The molecule has 0 saturated heterocycles. The topological polar surface area (TPSA) is 99.1 Å². The number of carboxylic acid groups (broad SMARTS) is 1. The minimum Gasteiger partial charge on any atom is -0.477 e. The van der Waals surface area contributed by atoms with E-state index in [0.29, 0.717) is 19.3 Å². The number of rotatable bonds is 39. The van der Waals surface area contributed by atoms with Crippen molar-refractivity contribution in [1.29, 1.82) is 0 Å². The van der Waals surface area contributed by atoms with Gasteiger partial charge in [-0.1, -0.05) is 152 Å². The van der Waals surface area contributed by atoms with Gasteiger partial charge in [-0.05, 0) is 64.2 Å². The first-order valence-corrected chi connectivity index (χ1v) is 22.4. The number of nitrogens with zero attached hydrogens (tertiary/aromatic N) is 1. The van der Waals surface area contributed by atoms with Crippen LogP contribution in [0, 0.1) is 0 Å². The summed E-state index contributed by atoms with van der Waals surface area (Å²) in [7, 11) is 5.51. The molecule has 0 aromatic heterocycles. The van der Waals surface area contributed by atoms with Crippen LogP contribution in [-0.4, -0.2) is 80.6 Å². The molecule has 0 rings (SSSR count). The molecule has 1 N–H and O–H groups in total. The van der Waals surface area contributed by atoms with Gasteiger partial charge in [-0.25, -0.2) is 4.79 Å². The lowest BCUT2D eigenvalue weighted by atomic mass is 10.1. The Labute approximate surface area is 343 Å². The van der Waals surface area contributed by atoms with Crippen LogP contribution in [0.15, 0.2) is 60.8 Å². The van der Waals surface area contributed by atoms with Gasteiger partial charge in [-0.2, -0.15) is 0 Å². The molecular weight excluding hydrogens is 703 g/mol. The van der Waals surface area contributed by atoms with E-state index in [4.69, 9.17) is 14.2 Å². The van der Waals surface area contributed by atoms with Crippen LogP contribution in [0.25, 0.3) is 0 Å². The van der Waals surface area contributed by atoms with Crippen molar-refractivity contribution in [3.05, 3.63) is 60.8 Å². The van der Waals surface area contributed by atoms with Gasteiger partial charge < -0.3 is 23.8 Å². The van der Waals surface area contributed by atoms with Gasteiger partial charge in [0.05, 0.1) is 34.4 Å². The van der Waals surface area contributed by atoms with Gasteiger partial charge in [0.15, 0.2) is 12.1 Å². The molecule has 0 spiro atoms. The Morgan fingerprint density at radius 1 is 0.571 bits per heavy atom. The minimum atomic E-state index is -0.880. The van der Waals surface area contributed by atoms with Crippen LogP contribution in [-0.2, 0) is 28.6 Å². The Hall–Kier alpha value is -2.97. The van der Waals surface area contributed by atoms with Crippen LogP contribution >= 0.6 is 0 Å². The maximum atomic E-state index is 12.7. The van der Waals surface area contributed by atoms with Crippen LogP contribution in [0.2, 0.25) is 0 Å². The van der Waals surface area contributed by atoms with Crippen LogP contribution in [0.1, 0.15) is 174 Å². The number of aliphatic carboxylic acids is 1. The lowest BCUT2D eigenvalue weighted by molar-refractivity contribution is -0.887. The normalized spacial score (nSPS) is 13.5. The standard InChI is InChI=1S/C48H83NO7/c1-6-8-10-12-14-16-18-20-22-23-25-26-28-30-32-34-36-38-46(50)55-43-44(42-54-41-40-45(48(52)53)49(3,4)5)56-47(51)39-37-35-33-31-29-27-24-21-19-17-15-13-11-9-7-2/h9,11,13-17,19-20,22,44-45H,6-8,10,12,18,21,23-43H2,1-5H3/p+1/b11-9+,15-13+,16-14+,19-17+,22-20+. The third kappa shape index (κ3) is 36.7. The largest absolute Gasteiger partial charge is 0.477 e. The zero-order chi connectivity index (χ0) is 41.4. The van der Waals surface area contributed by atoms with Gasteiger partial charge in [0.1, 0.15) is 6.61 Å². The van der Waals surface area contributed by atoms with Crippen molar-refractivity contribution in [3.63, 3.8) is 0 Å². The molecule has 0 fully saturated rings. The lowest BCUT2D eigenvalue weighted by Gasteiger charge is -2.31. The van der Waals surface area contributed by atoms with E-state index in [2.05, 4.69) is 74.6 Å². The van der Waals surface area contributed by atoms with E-state index in [1.807, 2.05) is 21.1 Å². The van der Waals surface area contributed by atoms with Crippen molar-refractivity contribution < 1.29 is 38.2 Å². The van der Waals surface area contributed by atoms with E-state index in [1.165, 1.54) is 70.6 Å². The summed E-state index contributed by atoms with van der Waals surface area (Å²) >= 11 is 0. The summed E-state index contributed by atoms with van der Waals surface area (Å²) in [5, 5.41) is 9.62. The molecule has 2 atom stereocenters. The number of unbranched alkanes of at least 4 members (excludes halogenated alkanes) is 17. The van der Waals surface area contributed by atoms with E-state index >= 15 is 0 Å². The summed E-state index contributed by atoms with van der Waals surface area (Å²) in [5.74, 6) is -1.50. The minimum absolute atomic E-state index is 0.0514. The second kappa shape index (κ2) is 38.9. The number of carboxylic acids is 1. The van der Waals surface area contributed by atoms with Crippen LogP contribution in [0.3, 0.4) is 0 Å². The molecule has 0 saturated carbocycles. The van der Waals surface area contributed by atoms with Gasteiger partial charge in [0, 0.05) is 19.3 Å². The summed E-state index contributed by atoms with van der Waals surface area (Å²) in [4.78, 5) is 37.0. The van der Waals surface area contributed by atoms with Crippen molar-refractivity contribution in [3.8, 4) is 0 Å². The van der Waals surface area contributed by atoms with Gasteiger partial charge in [0.25, 0.3) is 0 Å². The third-order valence-corrected chi connectivity index (χ3v) is 9.71. The second-order valence-electron chi connectivity index (χ2n) is 16.0. The van der Waals surface area contributed by atoms with Crippen molar-refractivity contribution in [2.75, 3.05) is 41.0 Å². The number of hydrogen-bond acceptors (Lipinski definition) is 6. The molecule has 56 heavy (non-hydrogen) atoms. The molecular formula is C48H84NO7+. The maximum absolute atomic E-state index is 12.7. The Morgan fingerprint density at radius 2 is 1.07 bits per heavy atom. The number of carbonyl (C=O) groups excluding carboxylic acids is 2. The fraction of sp³-hybridized carbons (Fsp3) is 0.729. The van der Waals surface area contributed by atoms with Crippen molar-refractivity contribution in [2.24, 2.45) is 0 Å². The molecule has 0 aliphatic heterocycles. The first-order valence-electron chi connectivity index (χ1n) is 22.4. The Morgan fingerprint density at radius 3 is 1.61 bits per heavy atom. The van der Waals surface area contributed by atoms with E-state index in [1.54, 1.807) is 0 Å². The summed E-state index contributed by atoms with van der Waals surface area (Å²) in [6.07, 6.45) is 46.8. The van der Waals surface area contributed by atoms with E-state index in [0.717, 1.165) is 70.6 Å². The number of allylic oxidation sites excluding steroid dienone is 10. The van der Waals surface area contributed by atoms with Crippen LogP contribution in [0.4, 0.5) is 0 Å². The number of carbonyl (C=O) groups is 3. The highest BCUT2D eigenvalue weighted by atomic mass is 16.6. The third-order valence-electron chi connectivity index (χ3n) is 9.71. The average Bonchev–Trinajstić information content (AvgIpc) is 3.15. The molecule has 8 nitrogen and oxygen atoms in total. The zero-order valence-electron chi connectivity index (χ0n) is 36.6. The van der Waals surface area contributed by atoms with E-state index in [-0.39, 0.29) is 36.2 Å². The van der Waals surface area contributed by atoms with Gasteiger partial charge in [-0.15, -0.1) is 0 Å². The molecule has 0 aromatic carbocycles. The highest BCUT2D eigenvalue weighted by Gasteiger charge is 2.31. The molecule has 0 heterocycles. The summed E-state index contributed by atoms with van der Waals surface area (Å²) in [6.45, 7) is 4.55.